The molecule has 0 spiro atoms. The van der Waals surface area contributed by atoms with Gasteiger partial charge in [0.25, 0.3) is 5.91 Å². The van der Waals surface area contributed by atoms with Crippen LogP contribution in [-0.4, -0.2) is 35.6 Å². The summed E-state index contributed by atoms with van der Waals surface area (Å²) in [4.78, 5) is 15.0. The smallest absolute Gasteiger partial charge is 0.343 e. The summed E-state index contributed by atoms with van der Waals surface area (Å²) in [6.07, 6.45) is -3.68. The van der Waals surface area contributed by atoms with Crippen LogP contribution >= 0.6 is 11.6 Å². The van der Waals surface area contributed by atoms with Gasteiger partial charge in [-0.05, 0) is 25.0 Å². The fourth-order valence-electron chi connectivity index (χ4n) is 2.57. The Morgan fingerprint density at radius 3 is 2.54 bits per heavy atom. The minimum Gasteiger partial charge on any atom is -0.343 e. The molecule has 2 aromatic rings. The first-order chi connectivity index (χ1) is 12.9. The molecule has 0 radical (unpaired) electrons. The molecule has 1 aliphatic rings. The molecule has 0 unspecified atom stereocenters. The van der Waals surface area contributed by atoms with Crippen LogP contribution in [0.4, 0.5) is 23.2 Å². The summed E-state index contributed by atoms with van der Waals surface area (Å²) in [5.41, 5.74) is -3.11. The number of carbonyl (C=O) groups excluding carboxylic acids is 1. The normalized spacial score (nSPS) is 16.1. The maximum absolute atomic E-state index is 14.7. The maximum Gasteiger partial charge on any atom is 0.407 e. The number of hydrogen-bond acceptors (Lipinski definition) is 4. The Morgan fingerprint density at radius 1 is 1.36 bits per heavy atom. The van der Waals surface area contributed by atoms with Crippen LogP contribution in [0.15, 0.2) is 29.4 Å². The van der Waals surface area contributed by atoms with Crippen molar-refractivity contribution in [3.8, 4) is 0 Å². The first kappa shape index (κ1) is 20.6. The predicted molar refractivity (Wildman–Crippen MR) is 90.9 cm³/mol. The number of nitrogens with one attached hydrogen (secondary N) is 2. The first-order valence-electron chi connectivity index (χ1n) is 7.75. The van der Waals surface area contributed by atoms with Gasteiger partial charge >= 0.3 is 6.18 Å². The molecule has 3 rings (SSSR count). The summed E-state index contributed by atoms with van der Waals surface area (Å²) in [6.45, 7) is 0. The molecule has 1 aliphatic carbocycles. The minimum atomic E-state index is -4.86. The summed E-state index contributed by atoms with van der Waals surface area (Å²) in [6, 6.07) is 2.64. The highest BCUT2D eigenvalue weighted by atomic mass is 35.5. The molecule has 1 fully saturated rings. The van der Waals surface area contributed by atoms with E-state index in [2.05, 4.69) is 10.3 Å². The van der Waals surface area contributed by atoms with Crippen molar-refractivity contribution in [1.29, 1.82) is 0 Å². The lowest BCUT2D eigenvalue weighted by atomic mass is 10.3. The number of pyridine rings is 1. The van der Waals surface area contributed by atoms with Crippen LogP contribution in [0.2, 0.25) is 5.15 Å². The summed E-state index contributed by atoms with van der Waals surface area (Å²) >= 11 is 5.68. The Morgan fingerprint density at radius 2 is 2.00 bits per heavy atom. The van der Waals surface area contributed by atoms with Gasteiger partial charge in [-0.25, -0.2) is 17.8 Å². The zero-order valence-corrected chi connectivity index (χ0v) is 15.7. The lowest BCUT2D eigenvalue weighted by Crippen LogP contribution is -2.47. The standard InChI is InChI=1S/C15H13ClF4N4O3S/c1-24-7-9(28(26,27)23-14(3-4-14)15(18,19)20)11(17)12(24)13(25)22-8-2-5-21-10(16)6-8/h2,5-7,23H,3-4H2,1H3,(H,21,22,25). The number of aryl methyl sites for hydroxylation is 1. The third-order valence-electron chi connectivity index (χ3n) is 4.20. The van der Waals surface area contributed by atoms with Crippen LogP contribution in [0, 0.1) is 5.82 Å². The third kappa shape index (κ3) is 3.71. The SMILES string of the molecule is Cn1cc(S(=O)(=O)NC2(C(F)(F)F)CC2)c(F)c1C(=O)Nc1ccnc(Cl)c1. The van der Waals surface area contributed by atoms with Gasteiger partial charge in [0.2, 0.25) is 10.0 Å². The van der Waals surface area contributed by atoms with Crippen molar-refractivity contribution in [3.05, 3.63) is 41.2 Å². The van der Waals surface area contributed by atoms with Gasteiger partial charge < -0.3 is 9.88 Å². The van der Waals surface area contributed by atoms with Gasteiger partial charge in [-0.15, -0.1) is 0 Å². The first-order valence-corrected chi connectivity index (χ1v) is 9.61. The van der Waals surface area contributed by atoms with E-state index < -0.39 is 56.9 Å². The van der Waals surface area contributed by atoms with Gasteiger partial charge in [0, 0.05) is 25.1 Å². The highest BCUT2D eigenvalue weighted by Crippen LogP contribution is 2.49. The van der Waals surface area contributed by atoms with E-state index in [4.69, 9.17) is 11.6 Å². The van der Waals surface area contributed by atoms with Crippen LogP contribution in [0.1, 0.15) is 23.3 Å². The molecule has 0 atom stereocenters. The summed E-state index contributed by atoms with van der Waals surface area (Å²) in [7, 11) is -3.67. The minimum absolute atomic E-state index is 0.0551. The number of aromatic nitrogens is 2. The number of carbonyl (C=O) groups is 1. The van der Waals surface area contributed by atoms with E-state index in [1.807, 2.05) is 0 Å². The van der Waals surface area contributed by atoms with Gasteiger partial charge in [0.15, 0.2) is 5.82 Å². The van der Waals surface area contributed by atoms with Crippen molar-refractivity contribution in [1.82, 2.24) is 14.3 Å². The largest absolute Gasteiger partial charge is 0.407 e. The Balaban J connectivity index is 1.90. The Kier molecular flexibility index (Phi) is 4.92. The van der Waals surface area contributed by atoms with E-state index in [-0.39, 0.29) is 10.8 Å². The molecule has 28 heavy (non-hydrogen) atoms. The molecule has 1 saturated carbocycles. The van der Waals surface area contributed by atoms with E-state index in [0.717, 1.165) is 10.8 Å². The van der Waals surface area contributed by atoms with Gasteiger partial charge in [-0.3, -0.25) is 4.79 Å². The number of hydrogen-bond donors (Lipinski definition) is 2. The highest BCUT2D eigenvalue weighted by Gasteiger charge is 2.65. The fraction of sp³-hybridized carbons (Fsp3) is 0.333. The zero-order chi connectivity index (χ0) is 20.9. The van der Waals surface area contributed by atoms with Crippen LogP contribution < -0.4 is 10.0 Å². The molecule has 7 nitrogen and oxygen atoms in total. The summed E-state index contributed by atoms with van der Waals surface area (Å²) < 4.78 is 80.8. The van der Waals surface area contributed by atoms with Gasteiger partial charge in [-0.2, -0.15) is 17.9 Å². The zero-order valence-electron chi connectivity index (χ0n) is 14.1. The highest BCUT2D eigenvalue weighted by molar-refractivity contribution is 7.89. The summed E-state index contributed by atoms with van der Waals surface area (Å²) in [5.74, 6) is -2.48. The van der Waals surface area contributed by atoms with E-state index >= 15 is 0 Å². The number of rotatable bonds is 5. The second-order valence-corrected chi connectivity index (χ2v) is 8.31. The number of amides is 1. The molecule has 152 valence electrons. The van der Waals surface area contributed by atoms with Crippen molar-refractivity contribution < 1.29 is 30.8 Å². The molecule has 0 saturated heterocycles. The molecule has 13 heteroatoms. The Labute approximate surface area is 161 Å². The number of nitrogens with zero attached hydrogens (tertiary/aromatic N) is 2. The average Bonchev–Trinajstić information content (AvgIpc) is 3.25. The Hall–Kier alpha value is -2.18. The van der Waals surface area contributed by atoms with Gasteiger partial charge in [0.1, 0.15) is 21.3 Å². The fourth-order valence-corrected chi connectivity index (χ4v) is 4.31. The van der Waals surface area contributed by atoms with Crippen molar-refractivity contribution in [2.24, 2.45) is 7.05 Å². The van der Waals surface area contributed by atoms with E-state index in [9.17, 15) is 30.8 Å². The predicted octanol–water partition coefficient (Wildman–Crippen LogP) is 2.84. The molecule has 0 aliphatic heterocycles. The average molecular weight is 441 g/mol. The van der Waals surface area contributed by atoms with Crippen LogP contribution in [-0.2, 0) is 17.1 Å². The molecule has 0 bridgehead atoms. The molecule has 2 heterocycles. The monoisotopic (exact) mass is 440 g/mol. The quantitative estimate of drug-likeness (QED) is 0.552. The molecular formula is C15H13ClF4N4O3S. The van der Waals surface area contributed by atoms with E-state index in [1.54, 1.807) is 0 Å². The van der Waals surface area contributed by atoms with E-state index in [1.165, 1.54) is 30.1 Å². The number of alkyl halides is 3. The number of halogens is 5. The molecule has 2 aromatic heterocycles. The second kappa shape index (κ2) is 6.71. The van der Waals surface area contributed by atoms with Gasteiger partial charge in [-0.1, -0.05) is 11.6 Å². The van der Waals surface area contributed by atoms with Crippen molar-refractivity contribution in [2.45, 2.75) is 29.5 Å². The number of sulfonamides is 1. The second-order valence-electron chi connectivity index (χ2n) is 6.27. The molecular weight excluding hydrogens is 428 g/mol. The van der Waals surface area contributed by atoms with Crippen LogP contribution in [0.3, 0.4) is 0 Å². The summed E-state index contributed by atoms with van der Waals surface area (Å²) in [5, 5.41) is 2.37. The third-order valence-corrected chi connectivity index (χ3v) is 5.93. The van der Waals surface area contributed by atoms with Crippen molar-refractivity contribution >= 4 is 33.2 Å². The molecule has 2 N–H and O–H groups in total. The van der Waals surface area contributed by atoms with E-state index in [0.29, 0.717) is 0 Å². The van der Waals surface area contributed by atoms with Gasteiger partial charge in [0.05, 0.1) is 0 Å². The van der Waals surface area contributed by atoms with Crippen molar-refractivity contribution in [3.63, 3.8) is 0 Å². The molecule has 0 aromatic carbocycles. The Bertz CT molecular complexity index is 1050. The number of anilines is 1. The van der Waals surface area contributed by atoms with Crippen LogP contribution in [0.25, 0.3) is 0 Å². The maximum atomic E-state index is 14.7. The van der Waals surface area contributed by atoms with Crippen molar-refractivity contribution in [2.75, 3.05) is 5.32 Å². The molecule has 1 amide bonds. The topological polar surface area (TPSA) is 93.1 Å². The lowest BCUT2D eigenvalue weighted by Gasteiger charge is -2.20. The lowest BCUT2D eigenvalue weighted by molar-refractivity contribution is -0.160. The van der Waals surface area contributed by atoms with Crippen LogP contribution in [0.5, 0.6) is 0 Å².